The number of fused-ring (bicyclic) bond motifs is 2. The average Bonchev–Trinajstić information content (AvgIpc) is 2.98. The van der Waals surface area contributed by atoms with Crippen LogP contribution >= 0.6 is 0 Å². The number of aliphatic hydroxyl groups excluding tert-OH is 1. The second-order valence-corrected chi connectivity index (χ2v) is 10.0. The number of Topliss-reactive ketones (excluding diaryl/α,β-unsaturated/α-hetero) is 2. The molecule has 6 rings (SSSR count). The molecule has 0 fully saturated rings. The molecule has 0 saturated carbocycles. The third-order valence-electron chi connectivity index (χ3n) is 7.52. The van der Waals surface area contributed by atoms with Crippen molar-refractivity contribution in [3.05, 3.63) is 82.4 Å². The summed E-state index contributed by atoms with van der Waals surface area (Å²) in [5.41, 5.74) is -1.56. The number of carbonyl (C=O) groups excluding carboxylic acids is 2. The van der Waals surface area contributed by atoms with Crippen LogP contribution in [0.5, 0.6) is 57.5 Å². The van der Waals surface area contributed by atoms with Crippen LogP contribution in [0.4, 0.5) is 0 Å². The summed E-state index contributed by atoms with van der Waals surface area (Å²) in [4.78, 5) is 27.6. The number of benzene rings is 4. The van der Waals surface area contributed by atoms with Crippen LogP contribution in [0.25, 0.3) is 0 Å². The number of ketones is 2. The van der Waals surface area contributed by atoms with Gasteiger partial charge in [0, 0.05) is 6.07 Å². The molecule has 220 valence electrons. The molecule has 0 aromatic heterocycles. The van der Waals surface area contributed by atoms with E-state index in [0.29, 0.717) is 0 Å². The quantitative estimate of drug-likeness (QED) is 0.156. The lowest BCUT2D eigenvalue weighted by Gasteiger charge is -2.37. The Balaban J connectivity index is 1.63. The lowest BCUT2D eigenvalue weighted by atomic mass is 9.77. The normalized spacial score (nSPS) is 21.0. The predicted octanol–water partition coefficient (Wildman–Crippen LogP) is 3.11. The Hall–Kier alpha value is -5.82. The Morgan fingerprint density at radius 2 is 1.09 bits per heavy atom. The van der Waals surface area contributed by atoms with E-state index in [4.69, 9.17) is 9.47 Å². The number of ether oxygens (including phenoxy) is 2. The summed E-state index contributed by atoms with van der Waals surface area (Å²) in [6.07, 6.45) is -4.85. The van der Waals surface area contributed by atoms with Crippen LogP contribution in [0.1, 0.15) is 55.5 Å². The number of aliphatic hydroxyl groups is 1. The van der Waals surface area contributed by atoms with E-state index >= 15 is 0 Å². The first kappa shape index (κ1) is 27.4. The van der Waals surface area contributed by atoms with Crippen LogP contribution in [0.15, 0.2) is 54.6 Å². The van der Waals surface area contributed by atoms with Crippen molar-refractivity contribution in [2.24, 2.45) is 0 Å². The Labute approximate surface area is 240 Å². The van der Waals surface area contributed by atoms with Crippen molar-refractivity contribution in [1.29, 1.82) is 0 Å². The maximum atomic E-state index is 14.2. The number of phenolic OH excluding ortho intramolecular Hbond substituents is 8. The SMILES string of the molecule is O=C1c2c(O)c(O)c(O)c(C3C(=O)c4c(cc(O)c(O)c4O)OC3c3ccc(O)cc3)c2OC(c2ccc(O)cc2)C1O. The van der Waals surface area contributed by atoms with Crippen molar-refractivity contribution in [2.75, 3.05) is 0 Å². The second kappa shape index (κ2) is 9.63. The predicted molar refractivity (Wildman–Crippen MR) is 143 cm³/mol. The van der Waals surface area contributed by atoms with Crippen LogP contribution in [0.2, 0.25) is 0 Å². The number of hydrogen-bond acceptors (Lipinski definition) is 13. The van der Waals surface area contributed by atoms with Gasteiger partial charge in [-0.15, -0.1) is 0 Å². The summed E-state index contributed by atoms with van der Waals surface area (Å²) in [5.74, 6) is -11.5. The molecule has 9 N–H and O–H groups in total. The van der Waals surface area contributed by atoms with Crippen molar-refractivity contribution in [2.45, 2.75) is 24.2 Å². The summed E-state index contributed by atoms with van der Waals surface area (Å²) < 4.78 is 12.0. The van der Waals surface area contributed by atoms with Gasteiger partial charge in [-0.1, -0.05) is 24.3 Å². The molecule has 2 aliphatic rings. The van der Waals surface area contributed by atoms with Crippen LogP contribution in [-0.4, -0.2) is 63.6 Å². The third kappa shape index (κ3) is 4.05. The number of aromatic hydroxyl groups is 8. The molecule has 4 unspecified atom stereocenters. The zero-order chi connectivity index (χ0) is 30.9. The van der Waals surface area contributed by atoms with Gasteiger partial charge in [0.25, 0.3) is 0 Å². The van der Waals surface area contributed by atoms with Gasteiger partial charge in [0.05, 0.1) is 11.5 Å². The lowest BCUT2D eigenvalue weighted by Crippen LogP contribution is -2.38. The maximum absolute atomic E-state index is 14.2. The molecule has 2 heterocycles. The molecule has 4 atom stereocenters. The highest BCUT2D eigenvalue weighted by Crippen LogP contribution is 2.59. The maximum Gasteiger partial charge on any atom is 0.203 e. The molecule has 4 aromatic rings. The smallest absolute Gasteiger partial charge is 0.203 e. The average molecular weight is 590 g/mol. The fourth-order valence-electron chi connectivity index (χ4n) is 5.40. The van der Waals surface area contributed by atoms with E-state index in [0.717, 1.165) is 6.07 Å². The molecular formula is C30H22O13. The minimum absolute atomic E-state index is 0.129. The molecule has 43 heavy (non-hydrogen) atoms. The largest absolute Gasteiger partial charge is 0.508 e. The topological polar surface area (TPSA) is 235 Å². The Kier molecular flexibility index (Phi) is 6.13. The van der Waals surface area contributed by atoms with Crippen molar-refractivity contribution in [1.82, 2.24) is 0 Å². The number of hydrogen-bond donors (Lipinski definition) is 9. The highest BCUT2D eigenvalue weighted by atomic mass is 16.5. The molecule has 0 radical (unpaired) electrons. The van der Waals surface area contributed by atoms with E-state index in [-0.39, 0.29) is 28.4 Å². The van der Waals surface area contributed by atoms with E-state index in [2.05, 4.69) is 0 Å². The summed E-state index contributed by atoms with van der Waals surface area (Å²) in [5, 5.41) is 93.7. The first-order chi connectivity index (χ1) is 20.4. The minimum atomic E-state index is -1.93. The van der Waals surface area contributed by atoms with E-state index < -0.39 is 92.7 Å². The number of rotatable bonds is 3. The van der Waals surface area contributed by atoms with Crippen molar-refractivity contribution < 1.29 is 65.0 Å². The lowest BCUT2D eigenvalue weighted by molar-refractivity contribution is 0.0195. The van der Waals surface area contributed by atoms with E-state index in [1.54, 1.807) is 0 Å². The summed E-state index contributed by atoms with van der Waals surface area (Å²) >= 11 is 0. The first-order valence-corrected chi connectivity index (χ1v) is 12.7. The summed E-state index contributed by atoms with van der Waals surface area (Å²) in [7, 11) is 0. The van der Waals surface area contributed by atoms with Gasteiger partial charge in [-0.25, -0.2) is 0 Å². The van der Waals surface area contributed by atoms with Crippen LogP contribution in [0, 0.1) is 0 Å². The van der Waals surface area contributed by atoms with Crippen LogP contribution in [0.3, 0.4) is 0 Å². The first-order valence-electron chi connectivity index (χ1n) is 12.7. The Morgan fingerprint density at radius 3 is 1.67 bits per heavy atom. The zero-order valence-electron chi connectivity index (χ0n) is 21.7. The van der Waals surface area contributed by atoms with E-state index in [1.165, 1.54) is 48.5 Å². The van der Waals surface area contributed by atoms with Gasteiger partial charge in [0.1, 0.15) is 40.2 Å². The molecule has 4 aromatic carbocycles. The van der Waals surface area contributed by atoms with Gasteiger partial charge in [0.15, 0.2) is 41.0 Å². The second-order valence-electron chi connectivity index (χ2n) is 10.0. The third-order valence-corrected chi connectivity index (χ3v) is 7.52. The monoisotopic (exact) mass is 590 g/mol. The van der Waals surface area contributed by atoms with Gasteiger partial charge in [-0.3, -0.25) is 9.59 Å². The Bertz CT molecular complexity index is 1810. The molecule has 0 bridgehead atoms. The highest BCUT2D eigenvalue weighted by molar-refractivity contribution is 6.11. The molecule has 13 heteroatoms. The van der Waals surface area contributed by atoms with Crippen LogP contribution in [-0.2, 0) is 0 Å². The molecular weight excluding hydrogens is 568 g/mol. The van der Waals surface area contributed by atoms with Crippen molar-refractivity contribution >= 4 is 11.6 Å². The molecule has 0 aliphatic carbocycles. The molecule has 0 spiro atoms. The summed E-state index contributed by atoms with van der Waals surface area (Å²) in [6, 6.07) is 11.4. The van der Waals surface area contributed by atoms with Crippen molar-refractivity contribution in [3.8, 4) is 57.5 Å². The number of carbonyl (C=O) groups is 2. The minimum Gasteiger partial charge on any atom is -0.508 e. The fraction of sp³-hybridized carbons (Fsp3) is 0.133. The van der Waals surface area contributed by atoms with Gasteiger partial charge in [-0.05, 0) is 35.4 Å². The van der Waals surface area contributed by atoms with Gasteiger partial charge < -0.3 is 55.4 Å². The van der Waals surface area contributed by atoms with E-state index in [1.807, 2.05) is 0 Å². The van der Waals surface area contributed by atoms with Gasteiger partial charge in [0.2, 0.25) is 17.3 Å². The van der Waals surface area contributed by atoms with E-state index in [9.17, 15) is 55.5 Å². The molecule has 0 saturated heterocycles. The van der Waals surface area contributed by atoms with Crippen molar-refractivity contribution in [3.63, 3.8) is 0 Å². The zero-order valence-corrected chi connectivity index (χ0v) is 21.7. The van der Waals surface area contributed by atoms with Crippen LogP contribution < -0.4 is 9.47 Å². The number of phenols is 8. The van der Waals surface area contributed by atoms with Gasteiger partial charge in [-0.2, -0.15) is 0 Å². The Morgan fingerprint density at radius 1 is 0.558 bits per heavy atom. The molecule has 2 aliphatic heterocycles. The summed E-state index contributed by atoms with van der Waals surface area (Å²) in [6.45, 7) is 0. The fourth-order valence-corrected chi connectivity index (χ4v) is 5.40. The molecule has 13 nitrogen and oxygen atoms in total. The van der Waals surface area contributed by atoms with Gasteiger partial charge >= 0.3 is 0 Å². The molecule has 0 amide bonds. The highest BCUT2D eigenvalue weighted by Gasteiger charge is 2.49. The standard InChI is InChI=1S/C30H22O13/c31-12-5-1-10(2-6-12)28-17(21(35)16-15(42-28)9-14(33)20(34)22(16)36)18-23(37)26(40)24(38)19-25(39)27(41)29(43-30(18)19)11-3-7-13(32)8-4-11/h1-9,17,27-29,31-34,36-38,40-41H.